The molecule has 86 heavy (non-hydrogen) atoms. The van der Waals surface area contributed by atoms with E-state index in [2.05, 4.69) is 55.4 Å². The predicted molar refractivity (Wildman–Crippen MR) is 344 cm³/mol. The van der Waals surface area contributed by atoms with Gasteiger partial charge in [0.25, 0.3) is 0 Å². The van der Waals surface area contributed by atoms with Crippen LogP contribution in [0.2, 0.25) is 0 Å². The summed E-state index contributed by atoms with van der Waals surface area (Å²) in [6.07, 6.45) is 37.7. The Labute approximate surface area is 524 Å². The van der Waals surface area contributed by atoms with Gasteiger partial charge in [0.05, 0.1) is 26.4 Å². The molecule has 3 N–H and O–H groups in total. The molecule has 0 radical (unpaired) electrons. The Morgan fingerprint density at radius 1 is 0.326 bits per heavy atom. The lowest BCUT2D eigenvalue weighted by Crippen LogP contribution is -2.30. The highest BCUT2D eigenvalue weighted by atomic mass is 31.2. The molecule has 0 aromatic heterocycles. The van der Waals surface area contributed by atoms with Gasteiger partial charge in [0.1, 0.15) is 19.3 Å². The van der Waals surface area contributed by atoms with Gasteiger partial charge in [-0.15, -0.1) is 0 Å². The van der Waals surface area contributed by atoms with Crippen molar-refractivity contribution in [2.45, 2.75) is 343 Å². The summed E-state index contributed by atoms with van der Waals surface area (Å²) in [7, 11) is -9.90. The van der Waals surface area contributed by atoms with Gasteiger partial charge < -0.3 is 33.8 Å². The maximum atomic E-state index is 13.0. The van der Waals surface area contributed by atoms with Gasteiger partial charge in [-0.1, -0.05) is 274 Å². The summed E-state index contributed by atoms with van der Waals surface area (Å²) in [4.78, 5) is 72.4. The summed E-state index contributed by atoms with van der Waals surface area (Å²) in [6, 6.07) is 0. The minimum atomic E-state index is -4.95. The molecule has 19 heteroatoms. The Kier molecular flexibility index (Phi) is 55.7. The zero-order chi connectivity index (χ0) is 63.9. The van der Waals surface area contributed by atoms with Crippen LogP contribution in [0.1, 0.15) is 325 Å². The maximum absolute atomic E-state index is 13.0. The quantitative estimate of drug-likeness (QED) is 0.0222. The van der Waals surface area contributed by atoms with Crippen LogP contribution in [0.3, 0.4) is 0 Å². The highest BCUT2D eigenvalue weighted by Gasteiger charge is 2.30. The summed E-state index contributed by atoms with van der Waals surface area (Å²) in [5, 5.41) is 10.6. The van der Waals surface area contributed by atoms with Crippen molar-refractivity contribution in [3.8, 4) is 0 Å². The van der Waals surface area contributed by atoms with Crippen molar-refractivity contribution in [2.24, 2.45) is 23.7 Å². The van der Waals surface area contributed by atoms with E-state index in [0.29, 0.717) is 31.6 Å². The van der Waals surface area contributed by atoms with Crippen LogP contribution < -0.4 is 0 Å². The zero-order valence-corrected chi connectivity index (χ0v) is 57.7. The predicted octanol–water partition coefficient (Wildman–Crippen LogP) is 18.5. The molecule has 0 aliphatic carbocycles. The van der Waals surface area contributed by atoms with Crippen molar-refractivity contribution in [1.82, 2.24) is 0 Å². The fourth-order valence-corrected chi connectivity index (χ4v) is 11.5. The van der Waals surface area contributed by atoms with Gasteiger partial charge >= 0.3 is 39.5 Å². The Morgan fingerprint density at radius 3 is 0.826 bits per heavy atom. The fourth-order valence-electron chi connectivity index (χ4n) is 9.93. The van der Waals surface area contributed by atoms with Gasteiger partial charge in [0.2, 0.25) is 0 Å². The van der Waals surface area contributed by atoms with Crippen LogP contribution >= 0.6 is 15.6 Å². The second-order valence-corrected chi connectivity index (χ2v) is 28.8. The lowest BCUT2D eigenvalue weighted by Gasteiger charge is -2.21. The molecule has 0 aromatic rings. The van der Waals surface area contributed by atoms with E-state index >= 15 is 0 Å². The Balaban J connectivity index is 5.25. The maximum Gasteiger partial charge on any atom is 0.472 e. The standard InChI is InChI=1S/C67H130O17P2/c1-9-60(8)46-38-30-21-14-10-11-15-23-33-41-49-66(71)84-63(54-78-65(70)48-40-32-26-25-29-37-45-59(6)7)56-82-86(75,76)80-52-61(68)51-79-85(73,74)81-55-62(53-77-64(69)47-39-31-22-18-17-20-28-36-44-58(4)5)83-67(72)50-42-34-24-16-12-13-19-27-35-43-57(2)3/h57-63,68H,9-56H2,1-8H3,(H,73,74)(H,75,76)/t60?,61-,62-,63-/m1/s1. The zero-order valence-electron chi connectivity index (χ0n) is 55.9. The largest absolute Gasteiger partial charge is 0.472 e. The Hall–Kier alpha value is -1.94. The molecule has 0 bridgehead atoms. The molecule has 6 atom stereocenters. The number of esters is 4. The fraction of sp³-hybridized carbons (Fsp3) is 0.940. The second-order valence-electron chi connectivity index (χ2n) is 25.9. The van der Waals surface area contributed by atoms with Crippen LogP contribution in [0.5, 0.6) is 0 Å². The van der Waals surface area contributed by atoms with Crippen LogP contribution in [0.15, 0.2) is 0 Å². The number of aliphatic hydroxyl groups is 1. The number of carbonyl (C=O) groups excluding carboxylic acids is 4. The molecule has 510 valence electrons. The van der Waals surface area contributed by atoms with Crippen molar-refractivity contribution in [3.63, 3.8) is 0 Å². The van der Waals surface area contributed by atoms with Crippen molar-refractivity contribution >= 4 is 39.5 Å². The summed E-state index contributed by atoms with van der Waals surface area (Å²) in [5.74, 6) is 0.809. The molecule has 0 aromatic carbocycles. The molecule has 0 saturated carbocycles. The molecule has 17 nitrogen and oxygen atoms in total. The highest BCUT2D eigenvalue weighted by molar-refractivity contribution is 7.47. The summed E-state index contributed by atoms with van der Waals surface area (Å²) < 4.78 is 68.1. The first-order valence-electron chi connectivity index (χ1n) is 34.7. The third-order valence-electron chi connectivity index (χ3n) is 15.7. The molecule has 0 fully saturated rings. The average molecular weight is 1270 g/mol. The number of rotatable bonds is 64. The average Bonchev–Trinajstić information content (AvgIpc) is 3.66. The number of aliphatic hydroxyl groups excluding tert-OH is 1. The second kappa shape index (κ2) is 57.0. The number of phosphoric ester groups is 2. The van der Waals surface area contributed by atoms with Crippen LogP contribution in [0.4, 0.5) is 0 Å². The van der Waals surface area contributed by atoms with E-state index in [1.54, 1.807) is 0 Å². The van der Waals surface area contributed by atoms with Crippen LogP contribution in [-0.4, -0.2) is 96.7 Å². The summed E-state index contributed by atoms with van der Waals surface area (Å²) >= 11 is 0. The van der Waals surface area contributed by atoms with Gasteiger partial charge in [0.15, 0.2) is 12.2 Å². The molecule has 0 rings (SSSR count). The number of unbranched alkanes of at least 4 members (excludes halogenated alkanes) is 29. The van der Waals surface area contributed by atoms with Crippen LogP contribution in [0.25, 0.3) is 0 Å². The Bertz CT molecular complexity index is 1720. The molecule has 0 saturated heterocycles. The highest BCUT2D eigenvalue weighted by Crippen LogP contribution is 2.45. The lowest BCUT2D eigenvalue weighted by molar-refractivity contribution is -0.161. The van der Waals surface area contributed by atoms with E-state index in [0.717, 1.165) is 114 Å². The van der Waals surface area contributed by atoms with Crippen molar-refractivity contribution in [1.29, 1.82) is 0 Å². The Morgan fingerprint density at radius 2 is 0.558 bits per heavy atom. The molecule has 0 aliphatic heterocycles. The number of carbonyl (C=O) groups is 4. The van der Waals surface area contributed by atoms with Gasteiger partial charge in [0, 0.05) is 25.7 Å². The van der Waals surface area contributed by atoms with Gasteiger partial charge in [-0.25, -0.2) is 9.13 Å². The minimum absolute atomic E-state index is 0.104. The van der Waals surface area contributed by atoms with Crippen molar-refractivity contribution < 1.29 is 80.2 Å². The van der Waals surface area contributed by atoms with E-state index in [4.69, 9.17) is 37.0 Å². The molecular formula is C67H130O17P2. The van der Waals surface area contributed by atoms with E-state index < -0.39 is 97.5 Å². The van der Waals surface area contributed by atoms with E-state index in [1.165, 1.54) is 122 Å². The summed E-state index contributed by atoms with van der Waals surface area (Å²) in [5.41, 5.74) is 0. The van der Waals surface area contributed by atoms with Crippen molar-refractivity contribution in [2.75, 3.05) is 39.6 Å². The van der Waals surface area contributed by atoms with Gasteiger partial charge in [-0.05, 0) is 49.4 Å². The lowest BCUT2D eigenvalue weighted by atomic mass is 9.99. The van der Waals surface area contributed by atoms with E-state index in [9.17, 15) is 43.2 Å². The first-order chi connectivity index (χ1) is 41.1. The normalized spacial score (nSPS) is 14.7. The smallest absolute Gasteiger partial charge is 0.462 e. The molecule has 0 aliphatic rings. The SMILES string of the molecule is CCC(C)CCCCCCCCCCCCC(=O)O[C@H](COC(=O)CCCCCCCCC(C)C)COP(=O)(O)OC[C@H](O)COP(=O)(O)OC[C@@H](COC(=O)CCCCCCCCCCC(C)C)OC(=O)CCCCCCCCCCCC(C)C. The number of hydrogen-bond acceptors (Lipinski definition) is 15. The third kappa shape index (κ3) is 59.7. The first kappa shape index (κ1) is 84.1. The van der Waals surface area contributed by atoms with Crippen molar-refractivity contribution in [3.05, 3.63) is 0 Å². The third-order valence-corrected chi connectivity index (χ3v) is 17.6. The number of ether oxygens (including phenoxy) is 4. The molecule has 0 spiro atoms. The van der Waals surface area contributed by atoms with E-state index in [-0.39, 0.29) is 25.7 Å². The van der Waals surface area contributed by atoms with Crippen LogP contribution in [0, 0.1) is 23.7 Å². The van der Waals surface area contributed by atoms with E-state index in [1.807, 2.05) is 0 Å². The summed E-state index contributed by atoms with van der Waals surface area (Å²) in [6.45, 7) is 14.0. The molecular weight excluding hydrogens is 1140 g/mol. The molecule has 3 unspecified atom stereocenters. The number of hydrogen-bond donors (Lipinski definition) is 3. The monoisotopic (exact) mass is 1270 g/mol. The number of phosphoric acid groups is 2. The van der Waals surface area contributed by atoms with Gasteiger partial charge in [-0.2, -0.15) is 0 Å². The van der Waals surface area contributed by atoms with Gasteiger partial charge in [-0.3, -0.25) is 37.3 Å². The molecule has 0 amide bonds. The van der Waals surface area contributed by atoms with Crippen LogP contribution in [-0.2, 0) is 65.4 Å². The topological polar surface area (TPSA) is 237 Å². The molecule has 0 heterocycles. The minimum Gasteiger partial charge on any atom is -0.462 e. The first-order valence-corrected chi connectivity index (χ1v) is 37.7.